The summed E-state index contributed by atoms with van der Waals surface area (Å²) in [4.78, 5) is 0. The molecule has 2 aromatic rings. The second-order valence-corrected chi connectivity index (χ2v) is 3.86. The molecule has 3 heteroatoms. The Bertz CT molecular complexity index is 446. The normalized spacial score (nSPS) is 10.6. The number of nitrogens with one attached hydrogen (secondary N) is 1. The fraction of sp³-hybridized carbons (Fsp3) is 0.308. The van der Waals surface area contributed by atoms with E-state index in [4.69, 9.17) is 0 Å². The zero-order valence-electron chi connectivity index (χ0n) is 9.77. The van der Waals surface area contributed by atoms with Crippen LogP contribution < -0.4 is 5.32 Å². The largest absolute Gasteiger partial charge is 0.313 e. The predicted octanol–water partition coefficient (Wildman–Crippen LogP) is 2.29. The molecule has 1 N–H and O–H groups in total. The summed E-state index contributed by atoms with van der Waals surface area (Å²) in [5.74, 6) is 0. The molecule has 0 aliphatic carbocycles. The maximum absolute atomic E-state index is 4.27. The SMILES string of the molecule is CCNCc1cc(C)ccc1-n1cccn1. The summed E-state index contributed by atoms with van der Waals surface area (Å²) in [6.07, 6.45) is 3.77. The molecule has 0 amide bonds. The van der Waals surface area contributed by atoms with Crippen molar-refractivity contribution in [3.8, 4) is 5.69 Å². The van der Waals surface area contributed by atoms with E-state index in [-0.39, 0.29) is 0 Å². The summed E-state index contributed by atoms with van der Waals surface area (Å²) in [7, 11) is 0. The minimum absolute atomic E-state index is 0.882. The van der Waals surface area contributed by atoms with Gasteiger partial charge in [-0.1, -0.05) is 24.6 Å². The lowest BCUT2D eigenvalue weighted by Crippen LogP contribution is -2.14. The molecular weight excluding hydrogens is 198 g/mol. The summed E-state index contributed by atoms with van der Waals surface area (Å²) >= 11 is 0. The first-order valence-electron chi connectivity index (χ1n) is 5.61. The van der Waals surface area contributed by atoms with Crippen molar-refractivity contribution >= 4 is 0 Å². The van der Waals surface area contributed by atoms with Gasteiger partial charge >= 0.3 is 0 Å². The average Bonchev–Trinajstić information content (AvgIpc) is 2.80. The molecule has 0 fully saturated rings. The van der Waals surface area contributed by atoms with Gasteiger partial charge in [-0.05, 0) is 31.2 Å². The lowest BCUT2D eigenvalue weighted by molar-refractivity contribution is 0.716. The predicted molar refractivity (Wildman–Crippen MR) is 65.7 cm³/mol. The van der Waals surface area contributed by atoms with Crippen molar-refractivity contribution in [3.05, 3.63) is 47.8 Å². The van der Waals surface area contributed by atoms with Gasteiger partial charge in [0.05, 0.1) is 5.69 Å². The molecule has 0 unspecified atom stereocenters. The zero-order chi connectivity index (χ0) is 11.4. The quantitative estimate of drug-likeness (QED) is 0.848. The Kier molecular flexibility index (Phi) is 3.37. The third-order valence-corrected chi connectivity index (χ3v) is 2.55. The molecule has 0 spiro atoms. The first-order chi connectivity index (χ1) is 7.81. The molecule has 0 aliphatic rings. The van der Waals surface area contributed by atoms with E-state index in [9.17, 15) is 0 Å². The molecule has 0 bridgehead atoms. The summed E-state index contributed by atoms with van der Waals surface area (Å²) < 4.78 is 1.91. The van der Waals surface area contributed by atoms with Crippen molar-refractivity contribution in [1.29, 1.82) is 0 Å². The third-order valence-electron chi connectivity index (χ3n) is 2.55. The van der Waals surface area contributed by atoms with Crippen LogP contribution in [0.1, 0.15) is 18.1 Å². The van der Waals surface area contributed by atoms with Crippen LogP contribution in [0.5, 0.6) is 0 Å². The molecule has 0 radical (unpaired) electrons. The number of hydrogen-bond acceptors (Lipinski definition) is 2. The number of aromatic nitrogens is 2. The van der Waals surface area contributed by atoms with Crippen LogP contribution in [0, 0.1) is 6.92 Å². The van der Waals surface area contributed by atoms with Gasteiger partial charge in [-0.15, -0.1) is 0 Å². The molecule has 16 heavy (non-hydrogen) atoms. The van der Waals surface area contributed by atoms with Crippen LogP contribution in [0.3, 0.4) is 0 Å². The van der Waals surface area contributed by atoms with Crippen LogP contribution in [0.4, 0.5) is 0 Å². The van der Waals surface area contributed by atoms with Crippen molar-refractivity contribution in [2.45, 2.75) is 20.4 Å². The van der Waals surface area contributed by atoms with Crippen molar-refractivity contribution in [1.82, 2.24) is 15.1 Å². The van der Waals surface area contributed by atoms with Gasteiger partial charge in [0.25, 0.3) is 0 Å². The fourth-order valence-electron chi connectivity index (χ4n) is 1.75. The molecule has 1 heterocycles. The smallest absolute Gasteiger partial charge is 0.0690 e. The van der Waals surface area contributed by atoms with Gasteiger partial charge in [0, 0.05) is 18.9 Å². The van der Waals surface area contributed by atoms with Crippen LogP contribution in [0.2, 0.25) is 0 Å². The molecule has 1 aromatic carbocycles. The van der Waals surface area contributed by atoms with E-state index in [2.05, 4.69) is 42.5 Å². The van der Waals surface area contributed by atoms with Gasteiger partial charge in [-0.2, -0.15) is 5.10 Å². The zero-order valence-corrected chi connectivity index (χ0v) is 9.77. The molecule has 0 atom stereocenters. The number of hydrogen-bond donors (Lipinski definition) is 1. The second-order valence-electron chi connectivity index (χ2n) is 3.86. The number of rotatable bonds is 4. The monoisotopic (exact) mass is 215 g/mol. The van der Waals surface area contributed by atoms with E-state index in [0.29, 0.717) is 0 Å². The average molecular weight is 215 g/mol. The van der Waals surface area contributed by atoms with E-state index < -0.39 is 0 Å². The Morgan fingerprint density at radius 1 is 1.38 bits per heavy atom. The minimum Gasteiger partial charge on any atom is -0.313 e. The number of benzene rings is 1. The van der Waals surface area contributed by atoms with E-state index in [1.807, 2.05) is 16.9 Å². The van der Waals surface area contributed by atoms with Crippen molar-refractivity contribution in [3.63, 3.8) is 0 Å². The Morgan fingerprint density at radius 2 is 2.25 bits per heavy atom. The van der Waals surface area contributed by atoms with E-state index in [1.165, 1.54) is 11.1 Å². The highest BCUT2D eigenvalue weighted by Gasteiger charge is 2.04. The first-order valence-corrected chi connectivity index (χ1v) is 5.61. The van der Waals surface area contributed by atoms with Crippen LogP contribution in [0.15, 0.2) is 36.7 Å². The van der Waals surface area contributed by atoms with E-state index >= 15 is 0 Å². The van der Waals surface area contributed by atoms with Gasteiger partial charge in [0.15, 0.2) is 0 Å². The van der Waals surface area contributed by atoms with Crippen molar-refractivity contribution < 1.29 is 0 Å². The van der Waals surface area contributed by atoms with Crippen LogP contribution >= 0.6 is 0 Å². The Labute approximate surface area is 96.1 Å². The Balaban J connectivity index is 2.36. The molecule has 0 aliphatic heterocycles. The second kappa shape index (κ2) is 4.94. The fourth-order valence-corrected chi connectivity index (χ4v) is 1.75. The highest BCUT2D eigenvalue weighted by Crippen LogP contribution is 2.15. The summed E-state index contributed by atoms with van der Waals surface area (Å²) in [6.45, 7) is 6.09. The van der Waals surface area contributed by atoms with Gasteiger partial charge in [-0.3, -0.25) is 0 Å². The molecule has 2 rings (SSSR count). The number of aryl methyl sites for hydroxylation is 1. The minimum atomic E-state index is 0.882. The number of nitrogens with zero attached hydrogens (tertiary/aromatic N) is 2. The third kappa shape index (κ3) is 2.31. The summed E-state index contributed by atoms with van der Waals surface area (Å²) in [5.41, 5.74) is 3.71. The molecular formula is C13H17N3. The van der Waals surface area contributed by atoms with Gasteiger partial charge in [0.1, 0.15) is 0 Å². The molecule has 84 valence electrons. The Hall–Kier alpha value is -1.61. The van der Waals surface area contributed by atoms with E-state index in [0.717, 1.165) is 18.8 Å². The highest BCUT2D eigenvalue weighted by atomic mass is 15.3. The molecule has 0 saturated carbocycles. The molecule has 3 nitrogen and oxygen atoms in total. The first kappa shape index (κ1) is 10.9. The lowest BCUT2D eigenvalue weighted by Gasteiger charge is -2.11. The maximum Gasteiger partial charge on any atom is 0.0690 e. The molecule has 1 aromatic heterocycles. The molecule has 0 saturated heterocycles. The van der Waals surface area contributed by atoms with Crippen LogP contribution in [-0.4, -0.2) is 16.3 Å². The standard InChI is InChI=1S/C13H17N3/c1-3-14-10-12-9-11(2)5-6-13(12)16-8-4-7-15-16/h4-9,14H,3,10H2,1-2H3. The maximum atomic E-state index is 4.27. The van der Waals surface area contributed by atoms with Crippen LogP contribution in [-0.2, 0) is 6.54 Å². The van der Waals surface area contributed by atoms with Gasteiger partial charge in [-0.25, -0.2) is 4.68 Å². The van der Waals surface area contributed by atoms with E-state index in [1.54, 1.807) is 6.20 Å². The Morgan fingerprint density at radius 3 is 2.94 bits per heavy atom. The summed E-state index contributed by atoms with van der Waals surface area (Å²) in [6, 6.07) is 8.39. The lowest BCUT2D eigenvalue weighted by atomic mass is 10.1. The van der Waals surface area contributed by atoms with Crippen molar-refractivity contribution in [2.75, 3.05) is 6.54 Å². The van der Waals surface area contributed by atoms with Crippen LogP contribution in [0.25, 0.3) is 5.69 Å². The van der Waals surface area contributed by atoms with Gasteiger partial charge in [0.2, 0.25) is 0 Å². The van der Waals surface area contributed by atoms with Gasteiger partial charge < -0.3 is 5.32 Å². The highest BCUT2D eigenvalue weighted by molar-refractivity contribution is 5.42. The summed E-state index contributed by atoms with van der Waals surface area (Å²) in [5, 5.41) is 7.63. The topological polar surface area (TPSA) is 29.9 Å². The van der Waals surface area contributed by atoms with Crippen molar-refractivity contribution in [2.24, 2.45) is 0 Å².